The Morgan fingerprint density at radius 1 is 0.471 bits per heavy atom. The number of rotatable bonds is 0. The number of hydrogen-bond acceptors (Lipinski definition) is 4. The Bertz CT molecular complexity index is 1630. The molecule has 4 nitrogen and oxygen atoms in total. The van der Waals surface area contributed by atoms with Crippen LogP contribution in [0, 0.1) is 0 Å². The molecule has 1 aliphatic heterocycles. The molecule has 6 aromatic rings. The fourth-order valence-electron chi connectivity index (χ4n) is 4.84. The van der Waals surface area contributed by atoms with E-state index in [0.717, 1.165) is 66.7 Å². The van der Waals surface area contributed by atoms with Gasteiger partial charge in [0.05, 0.1) is 45.2 Å². The van der Waals surface area contributed by atoms with E-state index in [0.29, 0.717) is 0 Å². The summed E-state index contributed by atoms with van der Waals surface area (Å²) in [5.74, 6) is 0. The number of hydrogen-bond donors (Lipinski definition) is 0. The number of nitrogens with zero attached hydrogens (tertiary/aromatic N) is 4. The van der Waals surface area contributed by atoms with E-state index in [-0.39, 0.29) is 26.5 Å². The first-order valence-corrected chi connectivity index (χ1v) is 11.2. The molecule has 0 fully saturated rings. The zero-order valence-electron chi connectivity index (χ0n) is 18.7. The van der Waals surface area contributed by atoms with Gasteiger partial charge in [-0.05, 0) is 55.6 Å². The van der Waals surface area contributed by atoms with Crippen LogP contribution in [0.15, 0.2) is 84.9 Å². The molecule has 0 amide bonds. The Hall–Kier alpha value is -3.49. The van der Waals surface area contributed by atoms with Crippen molar-refractivity contribution in [3.63, 3.8) is 0 Å². The Morgan fingerprint density at radius 3 is 1.38 bits per heavy atom. The normalized spacial score (nSPS) is 13.6. The number of aromatic nitrogens is 4. The molecular formula is C29H20N4Pt. The molecule has 0 N–H and O–H groups in total. The molecule has 2 aromatic carbocycles. The Kier molecular flexibility index (Phi) is 4.65. The topological polar surface area (TPSA) is 51.6 Å². The summed E-state index contributed by atoms with van der Waals surface area (Å²) in [6.07, 6.45) is 0. The molecule has 0 saturated carbocycles. The summed E-state index contributed by atoms with van der Waals surface area (Å²) in [6, 6.07) is 29.3. The maximum absolute atomic E-state index is 5.13. The smallest absolute Gasteiger partial charge is 0.0894 e. The molecule has 0 atom stereocenters. The van der Waals surface area contributed by atoms with Gasteiger partial charge in [0.1, 0.15) is 0 Å². The number of fused-ring (bicyclic) bond motifs is 8. The van der Waals surface area contributed by atoms with E-state index in [9.17, 15) is 0 Å². The van der Waals surface area contributed by atoms with E-state index in [1.54, 1.807) is 0 Å². The average Bonchev–Trinajstić information content (AvgIpc) is 2.87. The van der Waals surface area contributed by atoms with Gasteiger partial charge in [-0.25, -0.2) is 9.97 Å². The van der Waals surface area contributed by atoms with E-state index in [2.05, 4.69) is 86.6 Å². The number of pyridine rings is 4. The third-order valence-corrected chi connectivity index (χ3v) is 6.80. The zero-order valence-corrected chi connectivity index (χ0v) is 21.0. The van der Waals surface area contributed by atoms with Crippen LogP contribution in [0.4, 0.5) is 0 Å². The second-order valence-electron chi connectivity index (χ2n) is 9.21. The van der Waals surface area contributed by atoms with Crippen LogP contribution < -0.4 is 0 Å². The molecule has 0 aliphatic carbocycles. The number of benzene rings is 2. The monoisotopic (exact) mass is 619 g/mol. The van der Waals surface area contributed by atoms with Crippen molar-refractivity contribution < 1.29 is 21.1 Å². The predicted molar refractivity (Wildman–Crippen MR) is 133 cm³/mol. The van der Waals surface area contributed by atoms with Crippen LogP contribution in [0.2, 0.25) is 0 Å². The van der Waals surface area contributed by atoms with Crippen molar-refractivity contribution in [2.24, 2.45) is 0 Å². The van der Waals surface area contributed by atoms with Gasteiger partial charge < -0.3 is 0 Å². The molecular weight excluding hydrogens is 599 g/mol. The third-order valence-electron chi connectivity index (χ3n) is 6.80. The van der Waals surface area contributed by atoms with E-state index in [1.165, 1.54) is 0 Å². The van der Waals surface area contributed by atoms with Gasteiger partial charge >= 0.3 is 0 Å². The van der Waals surface area contributed by atoms with Crippen molar-refractivity contribution >= 4 is 32.6 Å². The third kappa shape index (κ3) is 3.02. The molecule has 0 unspecified atom stereocenters. The minimum Gasteiger partial charge on any atom is -0.250 e. The molecule has 4 aromatic heterocycles. The molecule has 0 radical (unpaired) electrons. The zero-order chi connectivity index (χ0) is 22.2. The molecule has 0 saturated heterocycles. The Labute approximate surface area is 211 Å². The van der Waals surface area contributed by atoms with Gasteiger partial charge in [-0.15, -0.1) is 0 Å². The van der Waals surface area contributed by atoms with Gasteiger partial charge in [-0.2, -0.15) is 0 Å². The molecule has 5 heterocycles. The van der Waals surface area contributed by atoms with Crippen molar-refractivity contribution in [1.29, 1.82) is 0 Å². The average molecular weight is 620 g/mol. The van der Waals surface area contributed by atoms with E-state index < -0.39 is 0 Å². The first kappa shape index (κ1) is 21.1. The molecule has 0 spiro atoms. The van der Waals surface area contributed by atoms with Crippen molar-refractivity contribution in [3.05, 3.63) is 96.3 Å². The van der Waals surface area contributed by atoms with Crippen molar-refractivity contribution in [1.82, 2.24) is 19.9 Å². The first-order chi connectivity index (χ1) is 16.1. The SMILES string of the molecule is CC1(C)c2cccc(n2)-c2ccc3ccc4ccc5ccc(nc5c4c3n2)-c2cccc1n2.[Pt]. The summed E-state index contributed by atoms with van der Waals surface area (Å²) < 4.78 is 0. The fraction of sp³-hybridized carbons (Fsp3) is 0.103. The summed E-state index contributed by atoms with van der Waals surface area (Å²) in [5, 5.41) is 4.38. The molecule has 7 rings (SSSR count). The second kappa shape index (κ2) is 7.51. The molecule has 8 bridgehead atoms. The van der Waals surface area contributed by atoms with Crippen molar-refractivity contribution in [2.45, 2.75) is 19.3 Å². The first-order valence-electron chi connectivity index (χ1n) is 11.2. The quantitative estimate of drug-likeness (QED) is 0.178. The van der Waals surface area contributed by atoms with Crippen LogP contribution in [0.25, 0.3) is 55.4 Å². The minimum absolute atomic E-state index is 0. The van der Waals surface area contributed by atoms with Gasteiger partial charge in [-0.3, -0.25) is 9.97 Å². The van der Waals surface area contributed by atoms with Gasteiger partial charge in [0, 0.05) is 42.6 Å². The van der Waals surface area contributed by atoms with E-state index in [1.807, 2.05) is 12.1 Å². The van der Waals surface area contributed by atoms with Crippen LogP contribution >= 0.6 is 0 Å². The predicted octanol–water partition coefficient (Wildman–Crippen LogP) is 6.70. The van der Waals surface area contributed by atoms with Crippen LogP contribution in [0.5, 0.6) is 0 Å². The van der Waals surface area contributed by atoms with Crippen molar-refractivity contribution in [3.8, 4) is 22.8 Å². The summed E-state index contributed by atoms with van der Waals surface area (Å²) in [6.45, 7) is 4.33. The van der Waals surface area contributed by atoms with Crippen molar-refractivity contribution in [2.75, 3.05) is 0 Å². The summed E-state index contributed by atoms with van der Waals surface area (Å²) in [4.78, 5) is 20.4. The van der Waals surface area contributed by atoms with Gasteiger partial charge in [0.15, 0.2) is 0 Å². The maximum atomic E-state index is 5.13. The summed E-state index contributed by atoms with van der Waals surface area (Å²) in [5.41, 5.74) is 6.90. The van der Waals surface area contributed by atoms with Gasteiger partial charge in [0.25, 0.3) is 0 Å². The van der Waals surface area contributed by atoms with Crippen LogP contribution in [0.3, 0.4) is 0 Å². The van der Waals surface area contributed by atoms with Gasteiger partial charge in [0.2, 0.25) is 0 Å². The van der Waals surface area contributed by atoms with Gasteiger partial charge in [-0.1, -0.05) is 48.5 Å². The summed E-state index contributed by atoms with van der Waals surface area (Å²) in [7, 11) is 0. The molecule has 1 aliphatic rings. The molecule has 34 heavy (non-hydrogen) atoms. The van der Waals surface area contributed by atoms with E-state index >= 15 is 0 Å². The minimum atomic E-state index is -0.373. The maximum Gasteiger partial charge on any atom is 0.0894 e. The Morgan fingerprint density at radius 2 is 0.882 bits per heavy atom. The largest absolute Gasteiger partial charge is 0.250 e. The van der Waals surface area contributed by atoms with Crippen LogP contribution in [-0.2, 0) is 26.5 Å². The summed E-state index contributed by atoms with van der Waals surface area (Å²) >= 11 is 0. The second-order valence-corrected chi connectivity index (χ2v) is 9.21. The van der Waals surface area contributed by atoms with Crippen LogP contribution in [-0.4, -0.2) is 19.9 Å². The molecule has 166 valence electrons. The standard InChI is InChI=1S/C29H20N4.Pt/c1-29(2)24-7-3-5-20(30-24)22-15-13-18-11-9-17-10-12-19-14-16-23(21-6-4-8-25(29)31-21)33-28(19)26(17)27(18)32-22;/h3-16H,1-2H3;. The molecule has 5 heteroatoms. The van der Waals surface area contributed by atoms with Crippen LogP contribution in [0.1, 0.15) is 25.2 Å². The van der Waals surface area contributed by atoms with E-state index in [4.69, 9.17) is 19.9 Å². The fourth-order valence-corrected chi connectivity index (χ4v) is 4.84. The Balaban J connectivity index is 0.00000217.